The van der Waals surface area contributed by atoms with E-state index in [2.05, 4.69) is 20.2 Å². The number of nitrogens with zero attached hydrogens (tertiary/aromatic N) is 2. The number of rotatable bonds is 8. The van der Waals surface area contributed by atoms with Crippen molar-refractivity contribution in [1.29, 1.82) is 0 Å². The second-order valence-electron chi connectivity index (χ2n) is 6.20. The van der Waals surface area contributed by atoms with E-state index >= 15 is 0 Å². The fourth-order valence-corrected chi connectivity index (χ4v) is 2.63. The fraction of sp³-hybridized carbons (Fsp3) is 0.250. The molecule has 0 fully saturated rings. The largest absolute Gasteiger partial charge is 0.573 e. The highest BCUT2D eigenvalue weighted by atomic mass is 19.4. The highest BCUT2D eigenvalue weighted by Gasteiger charge is 2.31. The van der Waals surface area contributed by atoms with Crippen molar-refractivity contribution in [3.05, 3.63) is 48.4 Å². The molecule has 0 aliphatic rings. The number of ether oxygens (including phenoxy) is 3. The summed E-state index contributed by atoms with van der Waals surface area (Å²) < 4.78 is 55.9. The van der Waals surface area contributed by atoms with Gasteiger partial charge in [0.1, 0.15) is 5.75 Å². The van der Waals surface area contributed by atoms with Gasteiger partial charge in [0.25, 0.3) is 0 Å². The summed E-state index contributed by atoms with van der Waals surface area (Å²) in [7, 11) is 3.04. The van der Waals surface area contributed by atoms with Crippen LogP contribution < -0.4 is 19.5 Å². The standard InChI is InChI=1S/C20H18F3N3O5/c1-28-15-8-3-12(11-16(15)29-2)19-25-18(31-26-19)10-9-17(27)24-13-4-6-14(7-5-13)30-20(21,22)23/h3-8,11H,9-10H2,1-2H3,(H,24,27). The Balaban J connectivity index is 1.55. The van der Waals surface area contributed by atoms with Gasteiger partial charge in [-0.3, -0.25) is 4.79 Å². The number of carbonyl (C=O) groups excluding carboxylic acids is 1. The summed E-state index contributed by atoms with van der Waals surface area (Å²) in [5.41, 5.74) is 0.981. The number of methoxy groups -OCH3 is 2. The van der Waals surface area contributed by atoms with Gasteiger partial charge in [0.2, 0.25) is 17.6 Å². The van der Waals surface area contributed by atoms with Gasteiger partial charge < -0.3 is 24.1 Å². The van der Waals surface area contributed by atoms with Gasteiger partial charge in [0.15, 0.2) is 11.5 Å². The van der Waals surface area contributed by atoms with E-state index < -0.39 is 6.36 Å². The molecule has 0 bridgehead atoms. The van der Waals surface area contributed by atoms with Crippen LogP contribution in [0.5, 0.6) is 17.2 Å². The number of nitrogens with one attached hydrogen (secondary N) is 1. The third-order valence-corrected chi connectivity index (χ3v) is 4.05. The molecule has 1 aromatic heterocycles. The van der Waals surface area contributed by atoms with Crippen LogP contribution in [0.15, 0.2) is 47.0 Å². The van der Waals surface area contributed by atoms with E-state index in [1.807, 2.05) is 0 Å². The van der Waals surface area contributed by atoms with Gasteiger partial charge in [0.05, 0.1) is 14.2 Å². The third kappa shape index (κ3) is 6.11. The summed E-state index contributed by atoms with van der Waals surface area (Å²) in [5.74, 6) is 0.918. The molecule has 0 atom stereocenters. The van der Waals surface area contributed by atoms with Crippen molar-refractivity contribution >= 4 is 11.6 Å². The smallest absolute Gasteiger partial charge is 0.493 e. The number of amides is 1. The maximum absolute atomic E-state index is 12.2. The Hall–Kier alpha value is -3.76. The first-order valence-electron chi connectivity index (χ1n) is 8.98. The summed E-state index contributed by atoms with van der Waals surface area (Å²) in [6, 6.07) is 9.98. The molecule has 3 rings (SSSR count). The third-order valence-electron chi connectivity index (χ3n) is 4.05. The SMILES string of the molecule is COc1ccc(-c2noc(CCC(=O)Nc3ccc(OC(F)(F)F)cc3)n2)cc1OC. The second kappa shape index (κ2) is 9.37. The highest BCUT2D eigenvalue weighted by Crippen LogP contribution is 2.31. The van der Waals surface area contributed by atoms with E-state index in [1.165, 1.54) is 26.4 Å². The lowest BCUT2D eigenvalue weighted by Gasteiger charge is -2.09. The van der Waals surface area contributed by atoms with E-state index in [9.17, 15) is 18.0 Å². The topological polar surface area (TPSA) is 95.7 Å². The predicted molar refractivity (Wildman–Crippen MR) is 103 cm³/mol. The number of hydrogen-bond donors (Lipinski definition) is 1. The molecule has 11 heteroatoms. The van der Waals surface area contributed by atoms with Crippen LogP contribution >= 0.6 is 0 Å². The molecule has 0 radical (unpaired) electrons. The second-order valence-corrected chi connectivity index (χ2v) is 6.20. The van der Waals surface area contributed by atoms with Crippen LogP contribution in [0.2, 0.25) is 0 Å². The molecule has 1 amide bonds. The van der Waals surface area contributed by atoms with Crippen molar-refractivity contribution < 1.29 is 36.7 Å². The lowest BCUT2D eigenvalue weighted by Crippen LogP contribution is -2.17. The molecule has 8 nitrogen and oxygen atoms in total. The number of carbonyl (C=O) groups is 1. The van der Waals surface area contributed by atoms with Crippen molar-refractivity contribution in [3.8, 4) is 28.6 Å². The van der Waals surface area contributed by atoms with Gasteiger partial charge >= 0.3 is 6.36 Å². The van der Waals surface area contributed by atoms with Crippen molar-refractivity contribution in [2.75, 3.05) is 19.5 Å². The van der Waals surface area contributed by atoms with Crippen molar-refractivity contribution in [2.45, 2.75) is 19.2 Å². The summed E-state index contributed by atoms with van der Waals surface area (Å²) in [6.07, 6.45) is -4.56. The molecular formula is C20H18F3N3O5. The number of benzene rings is 2. The summed E-state index contributed by atoms with van der Waals surface area (Å²) >= 11 is 0. The lowest BCUT2D eigenvalue weighted by atomic mass is 10.2. The summed E-state index contributed by atoms with van der Waals surface area (Å²) in [6.45, 7) is 0. The van der Waals surface area contributed by atoms with Crippen molar-refractivity contribution in [2.24, 2.45) is 0 Å². The van der Waals surface area contributed by atoms with Crippen LogP contribution in [0.3, 0.4) is 0 Å². The Bertz CT molecular complexity index is 1040. The van der Waals surface area contributed by atoms with E-state index in [-0.39, 0.29) is 30.4 Å². The zero-order chi connectivity index (χ0) is 22.4. The average molecular weight is 437 g/mol. The minimum atomic E-state index is -4.77. The molecule has 0 spiro atoms. The average Bonchev–Trinajstić information content (AvgIpc) is 3.21. The monoisotopic (exact) mass is 437 g/mol. The number of aryl methyl sites for hydroxylation is 1. The predicted octanol–water partition coefficient (Wildman–Crippen LogP) is 4.22. The Morgan fingerprint density at radius 2 is 1.77 bits per heavy atom. The number of halogens is 3. The lowest BCUT2D eigenvalue weighted by molar-refractivity contribution is -0.274. The first kappa shape index (κ1) is 21.9. The van der Waals surface area contributed by atoms with Gasteiger partial charge in [-0.1, -0.05) is 5.16 Å². The molecule has 1 heterocycles. The Kier molecular flexibility index (Phi) is 6.63. The van der Waals surface area contributed by atoms with Crippen LogP contribution in [-0.4, -0.2) is 36.6 Å². The molecule has 0 unspecified atom stereocenters. The summed E-state index contributed by atoms with van der Waals surface area (Å²) in [5, 5.41) is 6.47. The van der Waals surface area contributed by atoms with E-state index in [4.69, 9.17) is 14.0 Å². The van der Waals surface area contributed by atoms with Gasteiger partial charge in [-0.2, -0.15) is 4.98 Å². The quantitative estimate of drug-likeness (QED) is 0.564. The molecule has 3 aromatic rings. The van der Waals surface area contributed by atoms with Crippen molar-refractivity contribution in [1.82, 2.24) is 10.1 Å². The van der Waals surface area contributed by atoms with Gasteiger partial charge in [-0.05, 0) is 42.5 Å². The number of hydrogen-bond acceptors (Lipinski definition) is 7. The van der Waals surface area contributed by atoms with Gasteiger partial charge in [0, 0.05) is 24.1 Å². The van der Waals surface area contributed by atoms with Crippen LogP contribution in [0.1, 0.15) is 12.3 Å². The number of anilines is 1. The van der Waals surface area contributed by atoms with Gasteiger partial charge in [-0.25, -0.2) is 0 Å². The molecule has 164 valence electrons. The van der Waals surface area contributed by atoms with Crippen LogP contribution in [0, 0.1) is 0 Å². The molecule has 1 N–H and O–H groups in total. The first-order chi connectivity index (χ1) is 14.8. The van der Waals surface area contributed by atoms with Crippen LogP contribution in [0.4, 0.5) is 18.9 Å². The van der Waals surface area contributed by atoms with E-state index in [1.54, 1.807) is 18.2 Å². The normalized spacial score (nSPS) is 11.1. The Labute approximate surface area is 174 Å². The highest BCUT2D eigenvalue weighted by molar-refractivity contribution is 5.90. The fourth-order valence-electron chi connectivity index (χ4n) is 2.63. The molecule has 31 heavy (non-hydrogen) atoms. The maximum Gasteiger partial charge on any atom is 0.573 e. The minimum absolute atomic E-state index is 0.0361. The number of alkyl halides is 3. The molecule has 2 aromatic carbocycles. The molecule has 0 aliphatic carbocycles. The van der Waals surface area contributed by atoms with E-state index in [0.29, 0.717) is 28.6 Å². The Morgan fingerprint density at radius 1 is 1.06 bits per heavy atom. The molecule has 0 saturated carbocycles. The minimum Gasteiger partial charge on any atom is -0.493 e. The summed E-state index contributed by atoms with van der Waals surface area (Å²) in [4.78, 5) is 16.3. The molecule has 0 saturated heterocycles. The van der Waals surface area contributed by atoms with Crippen molar-refractivity contribution in [3.63, 3.8) is 0 Å². The van der Waals surface area contributed by atoms with E-state index in [0.717, 1.165) is 12.1 Å². The molecule has 0 aliphatic heterocycles. The van der Waals surface area contributed by atoms with Gasteiger partial charge in [-0.15, -0.1) is 13.2 Å². The maximum atomic E-state index is 12.2. The Morgan fingerprint density at radius 3 is 2.42 bits per heavy atom. The van der Waals surface area contributed by atoms with Crippen LogP contribution in [-0.2, 0) is 11.2 Å². The zero-order valence-corrected chi connectivity index (χ0v) is 16.5. The number of aromatic nitrogens is 2. The zero-order valence-electron chi connectivity index (χ0n) is 16.5. The first-order valence-corrected chi connectivity index (χ1v) is 8.98. The molecular weight excluding hydrogens is 419 g/mol. The van der Waals surface area contributed by atoms with Crippen LogP contribution in [0.25, 0.3) is 11.4 Å².